The van der Waals surface area contributed by atoms with E-state index in [2.05, 4.69) is 4.98 Å². The molecule has 0 spiro atoms. The number of benzene rings is 1. The lowest BCUT2D eigenvalue weighted by molar-refractivity contribution is -0.121. The number of aromatic nitrogens is 1. The predicted molar refractivity (Wildman–Crippen MR) is 122 cm³/mol. The Balaban J connectivity index is 1.57. The molecule has 3 aromatic rings. The molecule has 6 heteroatoms. The second kappa shape index (κ2) is 10.9. The molecule has 3 rings (SSSR count). The molecular formula is C26H25NO5. The first-order valence-corrected chi connectivity index (χ1v) is 10.1. The van der Waals surface area contributed by atoms with Gasteiger partial charge in [0.25, 0.3) is 0 Å². The lowest BCUT2D eigenvalue weighted by atomic mass is 10.1. The average molecular weight is 431 g/mol. The molecular weight excluding hydrogens is 406 g/mol. The summed E-state index contributed by atoms with van der Waals surface area (Å²) in [5, 5.41) is 0. The maximum atomic E-state index is 12.2. The number of hydrogen-bond acceptors (Lipinski definition) is 6. The van der Waals surface area contributed by atoms with Gasteiger partial charge in [-0.15, -0.1) is 0 Å². The number of allylic oxidation sites excluding steroid dienone is 2. The SMILES string of the molecule is COc1cc(OCc2ccccn2)ccc1C=CC(=O)CC(=O)C=Cc1cc(C)c(C)o1. The van der Waals surface area contributed by atoms with Gasteiger partial charge < -0.3 is 13.9 Å². The van der Waals surface area contributed by atoms with E-state index < -0.39 is 0 Å². The van der Waals surface area contributed by atoms with Crippen LogP contribution in [0.1, 0.15) is 34.8 Å². The topological polar surface area (TPSA) is 78.6 Å². The normalized spacial score (nSPS) is 11.2. The summed E-state index contributed by atoms with van der Waals surface area (Å²) in [4.78, 5) is 28.5. The number of rotatable bonds is 10. The zero-order valence-electron chi connectivity index (χ0n) is 18.3. The Morgan fingerprint density at radius 2 is 1.81 bits per heavy atom. The molecule has 0 unspecified atom stereocenters. The number of pyridine rings is 1. The highest BCUT2D eigenvalue weighted by Gasteiger charge is 2.07. The largest absolute Gasteiger partial charge is 0.496 e. The van der Waals surface area contributed by atoms with Gasteiger partial charge in [0.15, 0.2) is 11.6 Å². The number of nitrogens with zero attached hydrogens (tertiary/aromatic N) is 1. The van der Waals surface area contributed by atoms with Crippen molar-refractivity contribution in [3.05, 3.63) is 89.2 Å². The summed E-state index contributed by atoms with van der Waals surface area (Å²) >= 11 is 0. The van der Waals surface area contributed by atoms with Crippen LogP contribution in [-0.2, 0) is 16.2 Å². The van der Waals surface area contributed by atoms with Crippen molar-refractivity contribution >= 4 is 23.7 Å². The Kier molecular flexibility index (Phi) is 7.75. The number of aryl methyl sites for hydroxylation is 2. The van der Waals surface area contributed by atoms with E-state index >= 15 is 0 Å². The monoisotopic (exact) mass is 431 g/mol. The second-order valence-corrected chi connectivity index (χ2v) is 7.18. The van der Waals surface area contributed by atoms with Crippen molar-refractivity contribution in [3.63, 3.8) is 0 Å². The van der Waals surface area contributed by atoms with Crippen LogP contribution in [0.2, 0.25) is 0 Å². The van der Waals surface area contributed by atoms with Crippen molar-refractivity contribution in [2.45, 2.75) is 26.9 Å². The third-order valence-corrected chi connectivity index (χ3v) is 4.73. The highest BCUT2D eigenvalue weighted by atomic mass is 16.5. The summed E-state index contributed by atoms with van der Waals surface area (Å²) in [6.45, 7) is 4.13. The molecule has 2 aromatic heterocycles. The summed E-state index contributed by atoms with van der Waals surface area (Å²) in [6.07, 6.45) is 7.42. The fraction of sp³-hybridized carbons (Fsp3) is 0.192. The van der Waals surface area contributed by atoms with Gasteiger partial charge in [-0.25, -0.2) is 0 Å². The van der Waals surface area contributed by atoms with Crippen LogP contribution in [0.15, 0.2) is 65.2 Å². The zero-order chi connectivity index (χ0) is 22.9. The van der Waals surface area contributed by atoms with Gasteiger partial charge in [0.2, 0.25) is 0 Å². The summed E-state index contributed by atoms with van der Waals surface area (Å²) in [7, 11) is 1.55. The number of hydrogen-bond donors (Lipinski definition) is 0. The maximum Gasteiger partial charge on any atom is 0.163 e. The van der Waals surface area contributed by atoms with Crippen molar-refractivity contribution < 1.29 is 23.5 Å². The predicted octanol–water partition coefficient (Wildman–Crippen LogP) is 5.13. The highest BCUT2D eigenvalue weighted by molar-refractivity contribution is 6.10. The molecule has 0 amide bonds. The van der Waals surface area contributed by atoms with E-state index in [1.807, 2.05) is 38.1 Å². The Morgan fingerprint density at radius 1 is 1.03 bits per heavy atom. The minimum absolute atomic E-state index is 0.223. The van der Waals surface area contributed by atoms with Gasteiger partial charge in [-0.3, -0.25) is 14.6 Å². The third-order valence-electron chi connectivity index (χ3n) is 4.73. The molecule has 0 aliphatic carbocycles. The molecule has 0 aliphatic rings. The molecule has 0 aliphatic heterocycles. The summed E-state index contributed by atoms with van der Waals surface area (Å²) < 4.78 is 16.6. The second-order valence-electron chi connectivity index (χ2n) is 7.18. The number of ether oxygens (including phenoxy) is 2. The number of carbonyl (C=O) groups excluding carboxylic acids is 2. The molecule has 2 heterocycles. The number of furan rings is 1. The van der Waals surface area contributed by atoms with Crippen molar-refractivity contribution in [1.82, 2.24) is 4.98 Å². The lowest BCUT2D eigenvalue weighted by Gasteiger charge is -2.09. The van der Waals surface area contributed by atoms with Gasteiger partial charge in [0.05, 0.1) is 19.2 Å². The molecule has 0 radical (unpaired) electrons. The molecule has 164 valence electrons. The molecule has 1 aromatic carbocycles. The van der Waals surface area contributed by atoms with Crippen LogP contribution >= 0.6 is 0 Å². The molecule has 0 N–H and O–H groups in total. The Labute approximate surface area is 187 Å². The van der Waals surface area contributed by atoms with Crippen LogP contribution in [0.25, 0.3) is 12.2 Å². The van der Waals surface area contributed by atoms with Crippen molar-refractivity contribution in [2.75, 3.05) is 7.11 Å². The number of ketones is 2. The standard InChI is InChI=1S/C26H25NO5/c1-18-14-25(32-19(18)2)12-10-23(29)15-22(28)9-7-20-8-11-24(16-26(20)30-3)31-17-21-6-4-5-13-27-21/h4-14,16H,15,17H2,1-3H3. The summed E-state index contributed by atoms with van der Waals surface area (Å²) in [5.74, 6) is 1.98. The quantitative estimate of drug-likeness (QED) is 0.327. The van der Waals surface area contributed by atoms with Gasteiger partial charge >= 0.3 is 0 Å². The van der Waals surface area contributed by atoms with E-state index in [-0.39, 0.29) is 18.0 Å². The summed E-state index contributed by atoms with van der Waals surface area (Å²) in [6, 6.07) is 12.8. The molecule has 0 saturated carbocycles. The van der Waals surface area contributed by atoms with Gasteiger partial charge in [-0.2, -0.15) is 0 Å². The van der Waals surface area contributed by atoms with E-state index in [0.29, 0.717) is 29.4 Å². The molecule has 6 nitrogen and oxygen atoms in total. The van der Waals surface area contributed by atoms with Gasteiger partial charge in [0, 0.05) is 17.8 Å². The fourth-order valence-electron chi connectivity index (χ4n) is 2.89. The molecule has 0 fully saturated rings. The number of methoxy groups -OCH3 is 1. The number of carbonyl (C=O) groups is 2. The molecule has 32 heavy (non-hydrogen) atoms. The minimum atomic E-state index is -0.302. The van der Waals surface area contributed by atoms with E-state index in [1.165, 1.54) is 12.2 Å². The van der Waals surface area contributed by atoms with Gasteiger partial charge in [-0.05, 0) is 74.0 Å². The zero-order valence-corrected chi connectivity index (χ0v) is 18.3. The van der Waals surface area contributed by atoms with Crippen molar-refractivity contribution in [1.29, 1.82) is 0 Å². The van der Waals surface area contributed by atoms with Crippen molar-refractivity contribution in [3.8, 4) is 11.5 Å². The van der Waals surface area contributed by atoms with Crippen LogP contribution in [0.4, 0.5) is 0 Å². The van der Waals surface area contributed by atoms with Crippen molar-refractivity contribution in [2.24, 2.45) is 0 Å². The fourth-order valence-corrected chi connectivity index (χ4v) is 2.89. The minimum Gasteiger partial charge on any atom is -0.496 e. The van der Waals surface area contributed by atoms with E-state index in [1.54, 1.807) is 43.7 Å². The summed E-state index contributed by atoms with van der Waals surface area (Å²) in [5.41, 5.74) is 2.53. The lowest BCUT2D eigenvalue weighted by Crippen LogP contribution is -2.02. The first-order chi connectivity index (χ1) is 15.4. The smallest absolute Gasteiger partial charge is 0.163 e. The van der Waals surface area contributed by atoms with Gasteiger partial charge in [0.1, 0.15) is 29.6 Å². The van der Waals surface area contributed by atoms with E-state index in [0.717, 1.165) is 17.0 Å². The molecule has 0 atom stereocenters. The Hall–Kier alpha value is -3.93. The van der Waals surface area contributed by atoms with Crippen LogP contribution < -0.4 is 9.47 Å². The molecule has 0 bridgehead atoms. The average Bonchev–Trinajstić information content (AvgIpc) is 3.13. The van der Waals surface area contributed by atoms with Crippen LogP contribution in [-0.4, -0.2) is 23.7 Å². The third kappa shape index (κ3) is 6.54. The van der Waals surface area contributed by atoms with E-state index in [4.69, 9.17) is 13.9 Å². The maximum absolute atomic E-state index is 12.2. The van der Waals surface area contributed by atoms with E-state index in [9.17, 15) is 9.59 Å². The van der Waals surface area contributed by atoms with Gasteiger partial charge in [-0.1, -0.05) is 6.07 Å². The van der Waals surface area contributed by atoms with Crippen LogP contribution in [0, 0.1) is 13.8 Å². The first-order valence-electron chi connectivity index (χ1n) is 10.1. The first kappa shape index (κ1) is 22.7. The molecule has 0 saturated heterocycles. The highest BCUT2D eigenvalue weighted by Crippen LogP contribution is 2.26. The van der Waals surface area contributed by atoms with Crippen LogP contribution in [0.3, 0.4) is 0 Å². The van der Waals surface area contributed by atoms with Crippen LogP contribution in [0.5, 0.6) is 11.5 Å². The Bertz CT molecular complexity index is 1120. The Morgan fingerprint density at radius 3 is 2.47 bits per heavy atom.